The fourth-order valence-electron chi connectivity index (χ4n) is 2.49. The van der Waals surface area contributed by atoms with Gasteiger partial charge in [0, 0.05) is 51.2 Å². The molecule has 2 aliphatic rings. The fourth-order valence-corrected chi connectivity index (χ4v) is 3.32. The van der Waals surface area contributed by atoms with Crippen LogP contribution in [-0.4, -0.2) is 74.6 Å². The van der Waals surface area contributed by atoms with Gasteiger partial charge in [-0.1, -0.05) is 0 Å². The molecule has 3 N–H and O–H groups in total. The molecule has 1 aliphatic carbocycles. The lowest BCUT2D eigenvalue weighted by Gasteiger charge is -2.37. The highest BCUT2D eigenvalue weighted by Crippen LogP contribution is 2.19. The highest BCUT2D eigenvalue weighted by molar-refractivity contribution is 7.88. The molecule has 20 heavy (non-hydrogen) atoms. The summed E-state index contributed by atoms with van der Waals surface area (Å²) in [5.41, 5.74) is 5.77. The van der Waals surface area contributed by atoms with Crippen molar-refractivity contribution in [3.05, 3.63) is 0 Å². The highest BCUT2D eigenvalue weighted by Gasteiger charge is 2.29. The van der Waals surface area contributed by atoms with Gasteiger partial charge in [-0.2, -0.15) is 4.31 Å². The van der Waals surface area contributed by atoms with Crippen LogP contribution in [0.2, 0.25) is 0 Å². The van der Waals surface area contributed by atoms with Crippen LogP contribution in [0.5, 0.6) is 0 Å². The predicted molar refractivity (Wildman–Crippen MR) is 76.6 cm³/mol. The van der Waals surface area contributed by atoms with Gasteiger partial charge in [-0.15, -0.1) is 0 Å². The van der Waals surface area contributed by atoms with E-state index >= 15 is 0 Å². The Kier molecular flexibility index (Phi) is 5.00. The summed E-state index contributed by atoms with van der Waals surface area (Å²) in [6.45, 7) is 2.62. The van der Waals surface area contributed by atoms with Crippen LogP contribution in [0.15, 0.2) is 0 Å². The molecule has 1 amide bonds. The molecular weight excluding hydrogens is 280 g/mol. The lowest BCUT2D eigenvalue weighted by molar-refractivity contribution is -0.122. The molecule has 7 nitrogen and oxygen atoms in total. The lowest BCUT2D eigenvalue weighted by atomic mass is 10.1. The van der Waals surface area contributed by atoms with Crippen molar-refractivity contribution in [1.29, 1.82) is 0 Å². The summed E-state index contributed by atoms with van der Waals surface area (Å²) in [4.78, 5) is 13.9. The Morgan fingerprint density at radius 3 is 2.35 bits per heavy atom. The second-order valence-electron chi connectivity index (χ2n) is 5.63. The van der Waals surface area contributed by atoms with Gasteiger partial charge in [-0.25, -0.2) is 8.42 Å². The SMILES string of the molecule is CS(=O)(=O)N1CCN(C(CN)CC(=O)NC2CC2)CC1. The zero-order chi connectivity index (χ0) is 14.8. The summed E-state index contributed by atoms with van der Waals surface area (Å²) in [5, 5.41) is 2.96. The Balaban J connectivity index is 1.81. The van der Waals surface area contributed by atoms with Crippen LogP contribution in [-0.2, 0) is 14.8 Å². The number of nitrogens with two attached hydrogens (primary N) is 1. The van der Waals surface area contributed by atoms with E-state index in [0.29, 0.717) is 45.2 Å². The van der Waals surface area contributed by atoms with E-state index in [-0.39, 0.29) is 11.9 Å². The Hall–Kier alpha value is -0.700. The average Bonchev–Trinajstić information content (AvgIpc) is 3.19. The molecule has 1 atom stereocenters. The zero-order valence-electron chi connectivity index (χ0n) is 11.9. The molecular formula is C12H24N4O3S. The first-order valence-electron chi connectivity index (χ1n) is 7.08. The van der Waals surface area contributed by atoms with Gasteiger partial charge in [0.15, 0.2) is 0 Å². The summed E-state index contributed by atoms with van der Waals surface area (Å²) in [6, 6.07) is 0.360. The number of carbonyl (C=O) groups is 1. The first kappa shape index (κ1) is 15.7. The van der Waals surface area contributed by atoms with Crippen LogP contribution >= 0.6 is 0 Å². The van der Waals surface area contributed by atoms with E-state index in [0.717, 1.165) is 12.8 Å². The van der Waals surface area contributed by atoms with Crippen LogP contribution in [0, 0.1) is 0 Å². The summed E-state index contributed by atoms with van der Waals surface area (Å²) in [7, 11) is -3.12. The van der Waals surface area contributed by atoms with Crippen LogP contribution in [0.3, 0.4) is 0 Å². The van der Waals surface area contributed by atoms with E-state index in [1.165, 1.54) is 10.6 Å². The molecule has 116 valence electrons. The number of amides is 1. The molecule has 0 radical (unpaired) electrons. The monoisotopic (exact) mass is 304 g/mol. The first-order valence-corrected chi connectivity index (χ1v) is 8.93. The average molecular weight is 304 g/mol. The third-order valence-corrected chi connectivity index (χ3v) is 5.20. The minimum Gasteiger partial charge on any atom is -0.353 e. The van der Waals surface area contributed by atoms with Crippen LogP contribution in [0.25, 0.3) is 0 Å². The van der Waals surface area contributed by atoms with Gasteiger partial charge < -0.3 is 11.1 Å². The molecule has 0 aromatic heterocycles. The number of sulfonamides is 1. The van der Waals surface area contributed by atoms with E-state index in [2.05, 4.69) is 10.2 Å². The fraction of sp³-hybridized carbons (Fsp3) is 0.917. The molecule has 2 fully saturated rings. The number of piperazine rings is 1. The van der Waals surface area contributed by atoms with Gasteiger partial charge in [-0.3, -0.25) is 9.69 Å². The minimum atomic E-state index is -3.12. The Morgan fingerprint density at radius 1 is 1.30 bits per heavy atom. The van der Waals surface area contributed by atoms with Crippen molar-refractivity contribution in [2.24, 2.45) is 5.73 Å². The number of nitrogens with zero attached hydrogens (tertiary/aromatic N) is 2. The number of hydrogen-bond acceptors (Lipinski definition) is 5. The second-order valence-corrected chi connectivity index (χ2v) is 7.62. The quantitative estimate of drug-likeness (QED) is 0.626. The smallest absolute Gasteiger partial charge is 0.221 e. The molecule has 0 aromatic carbocycles. The predicted octanol–water partition coefficient (Wildman–Crippen LogP) is -1.44. The molecule has 0 aromatic rings. The van der Waals surface area contributed by atoms with Crippen LogP contribution in [0.1, 0.15) is 19.3 Å². The maximum Gasteiger partial charge on any atom is 0.221 e. The normalized spacial score (nSPS) is 23.5. The molecule has 1 aliphatic heterocycles. The van der Waals surface area contributed by atoms with E-state index in [4.69, 9.17) is 5.73 Å². The number of carbonyl (C=O) groups excluding carboxylic acids is 1. The van der Waals surface area contributed by atoms with E-state index in [9.17, 15) is 13.2 Å². The second kappa shape index (κ2) is 6.38. The molecule has 1 heterocycles. The van der Waals surface area contributed by atoms with Crippen molar-refractivity contribution in [1.82, 2.24) is 14.5 Å². The van der Waals surface area contributed by atoms with Crippen molar-refractivity contribution in [3.8, 4) is 0 Å². The summed E-state index contributed by atoms with van der Waals surface area (Å²) in [6.07, 6.45) is 3.77. The van der Waals surface area contributed by atoms with Gasteiger partial charge in [0.1, 0.15) is 0 Å². The standard InChI is InChI=1S/C12H24N4O3S/c1-20(18,19)16-6-4-15(5-7-16)11(9-13)8-12(17)14-10-2-3-10/h10-11H,2-9,13H2,1H3,(H,14,17). The third kappa shape index (κ3) is 4.41. The van der Waals surface area contributed by atoms with Crippen LogP contribution < -0.4 is 11.1 Å². The molecule has 8 heteroatoms. The number of nitrogens with one attached hydrogen (secondary N) is 1. The van der Waals surface area contributed by atoms with E-state index in [1.807, 2.05) is 0 Å². The van der Waals surface area contributed by atoms with Crippen molar-refractivity contribution in [3.63, 3.8) is 0 Å². The Morgan fingerprint density at radius 2 is 1.90 bits per heavy atom. The third-order valence-electron chi connectivity index (χ3n) is 3.89. The zero-order valence-corrected chi connectivity index (χ0v) is 12.7. The molecule has 1 unspecified atom stereocenters. The topological polar surface area (TPSA) is 95.7 Å². The van der Waals surface area contributed by atoms with Gasteiger partial charge in [-0.05, 0) is 12.8 Å². The number of hydrogen-bond donors (Lipinski definition) is 2. The van der Waals surface area contributed by atoms with E-state index in [1.54, 1.807) is 0 Å². The summed E-state index contributed by atoms with van der Waals surface area (Å²) >= 11 is 0. The number of rotatable bonds is 6. The summed E-state index contributed by atoms with van der Waals surface area (Å²) < 4.78 is 24.4. The minimum absolute atomic E-state index is 0.00420. The first-order chi connectivity index (χ1) is 9.40. The van der Waals surface area contributed by atoms with Crippen molar-refractivity contribution < 1.29 is 13.2 Å². The van der Waals surface area contributed by atoms with Crippen molar-refractivity contribution >= 4 is 15.9 Å². The Labute approximate surface area is 120 Å². The molecule has 0 bridgehead atoms. The molecule has 1 saturated carbocycles. The van der Waals surface area contributed by atoms with Gasteiger partial charge in [0.25, 0.3) is 0 Å². The molecule has 0 spiro atoms. The lowest BCUT2D eigenvalue weighted by Crippen LogP contribution is -2.54. The largest absolute Gasteiger partial charge is 0.353 e. The van der Waals surface area contributed by atoms with Gasteiger partial charge in [0.2, 0.25) is 15.9 Å². The van der Waals surface area contributed by atoms with Crippen molar-refractivity contribution in [2.75, 3.05) is 39.0 Å². The van der Waals surface area contributed by atoms with Gasteiger partial charge >= 0.3 is 0 Å². The van der Waals surface area contributed by atoms with E-state index < -0.39 is 10.0 Å². The molecule has 1 saturated heterocycles. The van der Waals surface area contributed by atoms with Crippen LogP contribution in [0.4, 0.5) is 0 Å². The Bertz CT molecular complexity index is 442. The van der Waals surface area contributed by atoms with Crippen molar-refractivity contribution in [2.45, 2.75) is 31.3 Å². The molecule has 2 rings (SSSR count). The van der Waals surface area contributed by atoms with Gasteiger partial charge in [0.05, 0.1) is 6.26 Å². The maximum absolute atomic E-state index is 11.8. The highest BCUT2D eigenvalue weighted by atomic mass is 32.2. The summed E-state index contributed by atoms with van der Waals surface area (Å²) in [5.74, 6) is 0.0495. The maximum atomic E-state index is 11.8.